The number of anilines is 2. The van der Waals surface area contributed by atoms with Crippen LogP contribution in [-0.4, -0.2) is 22.6 Å². The predicted molar refractivity (Wildman–Crippen MR) is 84.3 cm³/mol. The van der Waals surface area contributed by atoms with E-state index in [1.165, 1.54) is 18.7 Å². The largest absolute Gasteiger partial charge is 0.326 e. The molecule has 1 heterocycles. The minimum absolute atomic E-state index is 0.120. The van der Waals surface area contributed by atoms with Crippen LogP contribution in [0.5, 0.6) is 0 Å². The highest BCUT2D eigenvalue weighted by atomic mass is 32.2. The normalized spacial score (nSPS) is 9.95. The van der Waals surface area contributed by atoms with Gasteiger partial charge in [-0.2, -0.15) is 0 Å². The van der Waals surface area contributed by atoms with Crippen molar-refractivity contribution in [2.75, 3.05) is 16.4 Å². The Bertz CT molecular complexity index is 632. The molecule has 2 aromatic rings. The van der Waals surface area contributed by atoms with Crippen LogP contribution in [0.2, 0.25) is 0 Å². The Balaban J connectivity index is 1.89. The first kappa shape index (κ1) is 15.1. The fourth-order valence-corrected chi connectivity index (χ4v) is 2.31. The molecule has 0 fully saturated rings. The van der Waals surface area contributed by atoms with Crippen molar-refractivity contribution in [2.24, 2.45) is 0 Å². The molecule has 1 aromatic heterocycles. The Morgan fingerprint density at radius 1 is 1.10 bits per heavy atom. The highest BCUT2D eigenvalue weighted by Crippen LogP contribution is 2.17. The Hall–Kier alpha value is -2.34. The number of pyridine rings is 1. The van der Waals surface area contributed by atoms with E-state index in [1.54, 1.807) is 30.5 Å². The van der Waals surface area contributed by atoms with Gasteiger partial charge in [-0.15, -0.1) is 0 Å². The number of thioether (sulfide) groups is 1. The van der Waals surface area contributed by atoms with Gasteiger partial charge in [0.25, 0.3) is 0 Å². The first-order valence-electron chi connectivity index (χ1n) is 6.35. The van der Waals surface area contributed by atoms with E-state index in [0.717, 1.165) is 5.03 Å². The van der Waals surface area contributed by atoms with E-state index in [0.29, 0.717) is 11.4 Å². The molecule has 0 bridgehead atoms. The maximum Gasteiger partial charge on any atom is 0.234 e. The number of hydrogen-bond donors (Lipinski definition) is 2. The summed E-state index contributed by atoms with van der Waals surface area (Å²) in [5.41, 5.74) is 1.30. The van der Waals surface area contributed by atoms with Crippen LogP contribution in [0, 0.1) is 0 Å². The van der Waals surface area contributed by atoms with Crippen LogP contribution < -0.4 is 10.6 Å². The quantitative estimate of drug-likeness (QED) is 0.833. The Morgan fingerprint density at radius 3 is 2.52 bits per heavy atom. The van der Waals surface area contributed by atoms with Crippen molar-refractivity contribution in [2.45, 2.75) is 11.9 Å². The number of carbonyl (C=O) groups is 2. The number of aromatic nitrogens is 1. The lowest BCUT2D eigenvalue weighted by atomic mass is 10.2. The Kier molecular flexibility index (Phi) is 5.34. The third-order valence-corrected chi connectivity index (χ3v) is 3.40. The molecule has 6 heteroatoms. The summed E-state index contributed by atoms with van der Waals surface area (Å²) in [6.45, 7) is 1.44. The van der Waals surface area contributed by atoms with Gasteiger partial charge in [0, 0.05) is 24.5 Å². The van der Waals surface area contributed by atoms with Gasteiger partial charge in [0.2, 0.25) is 11.8 Å². The van der Waals surface area contributed by atoms with Crippen molar-refractivity contribution in [3.63, 3.8) is 0 Å². The van der Waals surface area contributed by atoms with Crippen LogP contribution in [0.4, 0.5) is 11.4 Å². The summed E-state index contributed by atoms with van der Waals surface area (Å²) >= 11 is 1.37. The topological polar surface area (TPSA) is 71.1 Å². The maximum atomic E-state index is 11.9. The molecule has 108 valence electrons. The van der Waals surface area contributed by atoms with Gasteiger partial charge in [0.05, 0.1) is 10.8 Å². The van der Waals surface area contributed by atoms with Gasteiger partial charge in [-0.3, -0.25) is 9.59 Å². The lowest BCUT2D eigenvalue weighted by molar-refractivity contribution is -0.114. The predicted octanol–water partition coefficient (Wildman–Crippen LogP) is 2.77. The molecule has 0 unspecified atom stereocenters. The first-order chi connectivity index (χ1) is 10.1. The van der Waals surface area contributed by atoms with E-state index < -0.39 is 0 Å². The van der Waals surface area contributed by atoms with E-state index in [-0.39, 0.29) is 17.6 Å². The number of nitrogens with zero attached hydrogens (tertiary/aromatic N) is 1. The number of benzene rings is 1. The molecule has 2 N–H and O–H groups in total. The molecular formula is C15H15N3O2S. The highest BCUT2D eigenvalue weighted by Gasteiger charge is 2.05. The summed E-state index contributed by atoms with van der Waals surface area (Å²) in [5, 5.41) is 6.26. The van der Waals surface area contributed by atoms with Gasteiger partial charge in [-0.25, -0.2) is 4.98 Å². The van der Waals surface area contributed by atoms with E-state index >= 15 is 0 Å². The van der Waals surface area contributed by atoms with E-state index in [1.807, 2.05) is 18.2 Å². The van der Waals surface area contributed by atoms with Crippen LogP contribution >= 0.6 is 11.8 Å². The number of nitrogens with one attached hydrogen (secondary N) is 2. The van der Waals surface area contributed by atoms with E-state index in [2.05, 4.69) is 15.6 Å². The second kappa shape index (κ2) is 7.44. The van der Waals surface area contributed by atoms with Gasteiger partial charge >= 0.3 is 0 Å². The van der Waals surface area contributed by atoms with Crippen molar-refractivity contribution in [1.82, 2.24) is 4.98 Å². The zero-order valence-corrected chi connectivity index (χ0v) is 12.3. The molecule has 1 aromatic carbocycles. The zero-order chi connectivity index (χ0) is 15.1. The fourth-order valence-electron chi connectivity index (χ4n) is 1.65. The summed E-state index contributed by atoms with van der Waals surface area (Å²) in [7, 11) is 0. The summed E-state index contributed by atoms with van der Waals surface area (Å²) in [4.78, 5) is 27.0. The summed E-state index contributed by atoms with van der Waals surface area (Å²) in [6, 6.07) is 12.6. The summed E-state index contributed by atoms with van der Waals surface area (Å²) in [6.07, 6.45) is 1.69. The molecular weight excluding hydrogens is 286 g/mol. The first-order valence-corrected chi connectivity index (χ1v) is 7.33. The molecule has 21 heavy (non-hydrogen) atoms. The fraction of sp³-hybridized carbons (Fsp3) is 0.133. The van der Waals surface area contributed by atoms with Gasteiger partial charge in [-0.05, 0) is 30.3 Å². The molecule has 5 nitrogen and oxygen atoms in total. The molecule has 0 saturated carbocycles. The molecule has 0 spiro atoms. The van der Waals surface area contributed by atoms with E-state index in [9.17, 15) is 9.59 Å². The summed E-state index contributed by atoms with van der Waals surface area (Å²) in [5.74, 6) is 0.0105. The Labute approximate surface area is 127 Å². The second-order valence-electron chi connectivity index (χ2n) is 4.27. The summed E-state index contributed by atoms with van der Waals surface area (Å²) < 4.78 is 0. The van der Waals surface area contributed by atoms with E-state index in [4.69, 9.17) is 0 Å². The number of rotatable bonds is 5. The van der Waals surface area contributed by atoms with Gasteiger partial charge < -0.3 is 10.6 Å². The molecule has 2 rings (SSSR count). The van der Waals surface area contributed by atoms with Gasteiger partial charge in [0.15, 0.2) is 0 Å². The van der Waals surface area contributed by atoms with Crippen LogP contribution in [0.25, 0.3) is 0 Å². The van der Waals surface area contributed by atoms with Crippen molar-refractivity contribution in [1.29, 1.82) is 0 Å². The van der Waals surface area contributed by atoms with Gasteiger partial charge in [0.1, 0.15) is 0 Å². The van der Waals surface area contributed by atoms with Crippen molar-refractivity contribution in [3.8, 4) is 0 Å². The molecule has 2 amide bonds. The molecule has 0 aliphatic heterocycles. The monoisotopic (exact) mass is 301 g/mol. The maximum absolute atomic E-state index is 11.9. The van der Waals surface area contributed by atoms with Gasteiger partial charge in [-0.1, -0.05) is 23.9 Å². The standard InChI is InChI=1S/C15H15N3O2S/c1-11(19)17-12-5-4-6-13(9-12)18-14(20)10-21-15-7-2-3-8-16-15/h2-9H,10H2,1H3,(H,17,19)(H,18,20). The van der Waals surface area contributed by atoms with Crippen LogP contribution in [-0.2, 0) is 9.59 Å². The molecule has 0 aliphatic rings. The lowest BCUT2D eigenvalue weighted by Crippen LogP contribution is -2.14. The molecule has 0 atom stereocenters. The zero-order valence-electron chi connectivity index (χ0n) is 11.5. The van der Waals surface area contributed by atoms with Crippen LogP contribution in [0.1, 0.15) is 6.92 Å². The minimum atomic E-state index is -0.149. The molecule has 0 aliphatic carbocycles. The molecule has 0 saturated heterocycles. The SMILES string of the molecule is CC(=O)Nc1cccc(NC(=O)CSc2ccccn2)c1. The van der Waals surface area contributed by atoms with Crippen molar-refractivity contribution in [3.05, 3.63) is 48.7 Å². The number of amides is 2. The molecule has 0 radical (unpaired) electrons. The van der Waals surface area contributed by atoms with Crippen molar-refractivity contribution >= 4 is 35.0 Å². The van der Waals surface area contributed by atoms with Crippen molar-refractivity contribution < 1.29 is 9.59 Å². The highest BCUT2D eigenvalue weighted by molar-refractivity contribution is 7.99. The van der Waals surface area contributed by atoms with Crippen LogP contribution in [0.15, 0.2) is 53.7 Å². The minimum Gasteiger partial charge on any atom is -0.326 e. The number of hydrogen-bond acceptors (Lipinski definition) is 4. The average molecular weight is 301 g/mol. The smallest absolute Gasteiger partial charge is 0.234 e. The van der Waals surface area contributed by atoms with Crippen LogP contribution in [0.3, 0.4) is 0 Å². The second-order valence-corrected chi connectivity index (χ2v) is 5.26. The Morgan fingerprint density at radius 2 is 1.86 bits per heavy atom. The number of carbonyl (C=O) groups excluding carboxylic acids is 2. The lowest BCUT2D eigenvalue weighted by Gasteiger charge is -2.07. The third kappa shape index (κ3) is 5.27. The average Bonchev–Trinajstić information content (AvgIpc) is 2.46. The third-order valence-electron chi connectivity index (χ3n) is 2.46.